The van der Waals surface area contributed by atoms with Crippen LogP contribution in [0.4, 0.5) is 5.69 Å². The fourth-order valence-electron chi connectivity index (χ4n) is 0.855. The Morgan fingerprint density at radius 3 is 2.79 bits per heavy atom. The van der Waals surface area contributed by atoms with E-state index in [0.717, 1.165) is 0 Å². The van der Waals surface area contributed by atoms with Gasteiger partial charge in [0.2, 0.25) is 0 Å². The van der Waals surface area contributed by atoms with Gasteiger partial charge in [0.1, 0.15) is 0 Å². The zero-order valence-electron chi connectivity index (χ0n) is 7.05. The van der Waals surface area contributed by atoms with Crippen molar-refractivity contribution in [1.29, 1.82) is 0 Å². The number of carbonyl (C=O) groups is 1. The van der Waals surface area contributed by atoms with Crippen LogP contribution < -0.4 is 10.8 Å². The van der Waals surface area contributed by atoms with E-state index in [1.165, 1.54) is 5.48 Å². The number of amides is 1. The molecular weight excluding hydrogens is 227 g/mol. The average molecular weight is 235 g/mol. The van der Waals surface area contributed by atoms with Crippen LogP contribution >= 0.6 is 23.2 Å². The van der Waals surface area contributed by atoms with Gasteiger partial charge in [-0.25, -0.2) is 5.48 Å². The first-order chi connectivity index (χ1) is 6.65. The van der Waals surface area contributed by atoms with E-state index in [1.807, 2.05) is 0 Å². The van der Waals surface area contributed by atoms with E-state index in [-0.39, 0.29) is 6.54 Å². The molecule has 0 spiro atoms. The summed E-state index contributed by atoms with van der Waals surface area (Å²) in [6, 6.07) is 5.02. The summed E-state index contributed by atoms with van der Waals surface area (Å²) in [6.45, 7) is -0.0729. The summed E-state index contributed by atoms with van der Waals surface area (Å²) in [5.41, 5.74) is 2.04. The van der Waals surface area contributed by atoms with Gasteiger partial charge in [-0.15, -0.1) is 0 Å². The third kappa shape index (κ3) is 2.77. The summed E-state index contributed by atoms with van der Waals surface area (Å²) in [7, 11) is 0. The van der Waals surface area contributed by atoms with E-state index in [1.54, 1.807) is 18.2 Å². The van der Waals surface area contributed by atoms with Crippen molar-refractivity contribution >= 4 is 34.8 Å². The van der Waals surface area contributed by atoms with E-state index in [4.69, 9.17) is 28.4 Å². The molecule has 0 radical (unpaired) electrons. The van der Waals surface area contributed by atoms with Gasteiger partial charge >= 0.3 is 0 Å². The zero-order chi connectivity index (χ0) is 10.6. The Bertz CT molecular complexity index is 344. The molecule has 0 bridgehead atoms. The van der Waals surface area contributed by atoms with Gasteiger partial charge in [-0.05, 0) is 12.1 Å². The van der Waals surface area contributed by atoms with Crippen molar-refractivity contribution in [3.63, 3.8) is 0 Å². The molecule has 0 aromatic heterocycles. The molecule has 3 N–H and O–H groups in total. The van der Waals surface area contributed by atoms with Gasteiger partial charge in [0, 0.05) is 0 Å². The normalized spacial score (nSPS) is 9.64. The second-order valence-corrected chi connectivity index (χ2v) is 3.28. The highest BCUT2D eigenvalue weighted by atomic mass is 35.5. The highest BCUT2D eigenvalue weighted by Crippen LogP contribution is 2.29. The fraction of sp³-hybridized carbons (Fsp3) is 0.125. The maximum atomic E-state index is 10.7. The monoisotopic (exact) mass is 234 g/mol. The summed E-state index contributed by atoms with van der Waals surface area (Å²) < 4.78 is 0. The van der Waals surface area contributed by atoms with Crippen molar-refractivity contribution in [1.82, 2.24) is 5.48 Å². The molecule has 0 aliphatic heterocycles. The van der Waals surface area contributed by atoms with Crippen molar-refractivity contribution < 1.29 is 10.0 Å². The number of anilines is 1. The number of rotatable bonds is 3. The number of hydrogen-bond donors (Lipinski definition) is 3. The first-order valence-electron chi connectivity index (χ1n) is 3.76. The minimum atomic E-state index is -0.555. The van der Waals surface area contributed by atoms with E-state index >= 15 is 0 Å². The molecular formula is C8H8Cl2N2O2. The van der Waals surface area contributed by atoms with E-state index in [2.05, 4.69) is 5.32 Å². The second-order valence-electron chi connectivity index (χ2n) is 2.49. The van der Waals surface area contributed by atoms with Crippen LogP contribution in [0.2, 0.25) is 10.0 Å². The Kier molecular flexibility index (Phi) is 4.00. The van der Waals surface area contributed by atoms with Crippen LogP contribution in [0, 0.1) is 0 Å². The molecule has 1 rings (SSSR count). The lowest BCUT2D eigenvalue weighted by Crippen LogP contribution is -2.26. The number of benzene rings is 1. The zero-order valence-corrected chi connectivity index (χ0v) is 8.56. The molecule has 1 amide bonds. The van der Waals surface area contributed by atoms with Gasteiger partial charge in [0.15, 0.2) is 0 Å². The molecule has 0 heterocycles. The smallest absolute Gasteiger partial charge is 0.262 e. The predicted molar refractivity (Wildman–Crippen MR) is 54.9 cm³/mol. The topological polar surface area (TPSA) is 61.4 Å². The lowest BCUT2D eigenvalue weighted by atomic mass is 10.3. The minimum Gasteiger partial charge on any atom is -0.375 e. The van der Waals surface area contributed by atoms with Crippen LogP contribution in [0.5, 0.6) is 0 Å². The Hall–Kier alpha value is -0.970. The Morgan fingerprint density at radius 1 is 1.43 bits per heavy atom. The third-order valence-electron chi connectivity index (χ3n) is 1.52. The van der Waals surface area contributed by atoms with Crippen LogP contribution in [0.3, 0.4) is 0 Å². The van der Waals surface area contributed by atoms with Crippen molar-refractivity contribution in [2.45, 2.75) is 0 Å². The summed E-state index contributed by atoms with van der Waals surface area (Å²) >= 11 is 11.6. The maximum Gasteiger partial charge on any atom is 0.262 e. The van der Waals surface area contributed by atoms with Crippen molar-refractivity contribution in [3.8, 4) is 0 Å². The van der Waals surface area contributed by atoms with Crippen LogP contribution in [0.15, 0.2) is 18.2 Å². The van der Waals surface area contributed by atoms with Crippen molar-refractivity contribution in [2.24, 2.45) is 0 Å². The molecule has 0 saturated heterocycles. The maximum absolute atomic E-state index is 10.7. The highest BCUT2D eigenvalue weighted by Gasteiger charge is 2.05. The van der Waals surface area contributed by atoms with Gasteiger partial charge in [0.25, 0.3) is 5.91 Å². The molecule has 0 unspecified atom stereocenters. The number of nitrogens with one attached hydrogen (secondary N) is 2. The summed E-state index contributed by atoms with van der Waals surface area (Å²) in [4.78, 5) is 10.7. The number of hydroxylamine groups is 1. The third-order valence-corrected chi connectivity index (χ3v) is 2.33. The SMILES string of the molecule is O=C(CNc1cccc(Cl)c1Cl)NO. The van der Waals surface area contributed by atoms with Gasteiger partial charge in [-0.1, -0.05) is 29.3 Å². The average Bonchev–Trinajstić information content (AvgIpc) is 2.20. The molecule has 1 aromatic rings. The fourth-order valence-corrected chi connectivity index (χ4v) is 1.22. The lowest BCUT2D eigenvalue weighted by molar-refractivity contribution is -0.127. The first kappa shape index (κ1) is 11.1. The molecule has 76 valence electrons. The van der Waals surface area contributed by atoms with Crippen LogP contribution in [0.25, 0.3) is 0 Å². The second kappa shape index (κ2) is 5.05. The van der Waals surface area contributed by atoms with Crippen LogP contribution in [0.1, 0.15) is 0 Å². The minimum absolute atomic E-state index is 0.0729. The summed E-state index contributed by atoms with van der Waals surface area (Å²) in [5, 5.41) is 11.7. The van der Waals surface area contributed by atoms with Gasteiger partial charge in [-0.3, -0.25) is 10.0 Å². The van der Waals surface area contributed by atoms with E-state index in [0.29, 0.717) is 15.7 Å². The van der Waals surface area contributed by atoms with Gasteiger partial charge in [-0.2, -0.15) is 0 Å². The van der Waals surface area contributed by atoms with Gasteiger partial charge in [0.05, 0.1) is 22.3 Å². The molecule has 0 saturated carbocycles. The predicted octanol–water partition coefficient (Wildman–Crippen LogP) is 1.91. The summed E-state index contributed by atoms with van der Waals surface area (Å²) in [6.07, 6.45) is 0. The van der Waals surface area contributed by atoms with Crippen molar-refractivity contribution in [3.05, 3.63) is 28.2 Å². The quantitative estimate of drug-likeness (QED) is 0.554. The summed E-state index contributed by atoms with van der Waals surface area (Å²) in [5.74, 6) is -0.555. The number of hydrogen-bond acceptors (Lipinski definition) is 3. The van der Waals surface area contributed by atoms with E-state index in [9.17, 15) is 4.79 Å². The molecule has 0 aliphatic carbocycles. The molecule has 0 aliphatic rings. The Morgan fingerprint density at radius 2 is 2.14 bits per heavy atom. The van der Waals surface area contributed by atoms with E-state index < -0.39 is 5.91 Å². The van der Waals surface area contributed by atoms with Crippen LogP contribution in [-0.2, 0) is 4.79 Å². The van der Waals surface area contributed by atoms with Crippen LogP contribution in [-0.4, -0.2) is 17.7 Å². The number of carbonyl (C=O) groups excluding carboxylic acids is 1. The molecule has 0 atom stereocenters. The van der Waals surface area contributed by atoms with Crippen molar-refractivity contribution in [2.75, 3.05) is 11.9 Å². The molecule has 0 fully saturated rings. The number of halogens is 2. The Balaban J connectivity index is 2.68. The Labute approximate surface area is 90.8 Å². The molecule has 1 aromatic carbocycles. The largest absolute Gasteiger partial charge is 0.375 e. The van der Waals surface area contributed by atoms with Gasteiger partial charge < -0.3 is 5.32 Å². The molecule has 4 nitrogen and oxygen atoms in total. The highest BCUT2D eigenvalue weighted by molar-refractivity contribution is 6.43. The molecule has 14 heavy (non-hydrogen) atoms. The molecule has 6 heteroatoms. The lowest BCUT2D eigenvalue weighted by Gasteiger charge is -2.07. The first-order valence-corrected chi connectivity index (χ1v) is 4.51. The standard InChI is InChI=1S/C8H8Cl2N2O2/c9-5-2-1-3-6(8(5)10)11-4-7(13)12-14/h1-3,11,14H,4H2,(H,12,13).